The van der Waals surface area contributed by atoms with E-state index in [0.717, 1.165) is 17.6 Å². The van der Waals surface area contributed by atoms with Crippen LogP contribution >= 0.6 is 0 Å². The van der Waals surface area contributed by atoms with E-state index in [2.05, 4.69) is 56.3 Å². The maximum Gasteiger partial charge on any atom is 0.302 e. The van der Waals surface area contributed by atoms with Crippen LogP contribution in [0.3, 0.4) is 0 Å². The molecule has 2 nitrogen and oxygen atoms in total. The van der Waals surface area contributed by atoms with Crippen LogP contribution in [0.1, 0.15) is 43.4 Å². The Morgan fingerprint density at radius 2 is 1.70 bits per heavy atom. The van der Waals surface area contributed by atoms with Crippen LogP contribution in [0.4, 0.5) is 0 Å². The fourth-order valence-electron chi connectivity index (χ4n) is 2.41. The van der Waals surface area contributed by atoms with E-state index in [-0.39, 0.29) is 5.97 Å². The number of carbonyl (C=O) groups excluding carboxylic acids is 1. The summed E-state index contributed by atoms with van der Waals surface area (Å²) < 4.78 is 5.20. The summed E-state index contributed by atoms with van der Waals surface area (Å²) in [6, 6.07) is 18.8. The van der Waals surface area contributed by atoms with E-state index < -0.39 is 0 Å². The van der Waals surface area contributed by atoms with Crippen molar-refractivity contribution in [2.24, 2.45) is 0 Å². The van der Waals surface area contributed by atoms with Crippen molar-refractivity contribution in [3.05, 3.63) is 76.9 Å². The predicted molar refractivity (Wildman–Crippen MR) is 95.3 cm³/mol. The third kappa shape index (κ3) is 5.74. The minimum absolute atomic E-state index is 0.251. The molecule has 0 fully saturated rings. The van der Waals surface area contributed by atoms with E-state index >= 15 is 0 Å². The van der Waals surface area contributed by atoms with Crippen molar-refractivity contribution in [1.29, 1.82) is 0 Å². The summed E-state index contributed by atoms with van der Waals surface area (Å²) >= 11 is 0. The minimum Gasteiger partial charge on any atom is -0.461 e. The van der Waals surface area contributed by atoms with Gasteiger partial charge in [0, 0.05) is 6.92 Å². The van der Waals surface area contributed by atoms with Crippen molar-refractivity contribution in [3.8, 4) is 0 Å². The van der Waals surface area contributed by atoms with Crippen molar-refractivity contribution >= 4 is 12.0 Å². The first-order valence-corrected chi connectivity index (χ1v) is 8.01. The Morgan fingerprint density at radius 3 is 2.26 bits per heavy atom. The zero-order valence-corrected chi connectivity index (χ0v) is 14.1. The number of benzene rings is 2. The molecule has 0 aromatic heterocycles. The molecule has 0 radical (unpaired) electrons. The molecular formula is C21H24O2. The lowest BCUT2D eigenvalue weighted by Crippen LogP contribution is -2.05. The summed E-state index contributed by atoms with van der Waals surface area (Å²) in [5.74, 6) is 0.275. The molecule has 0 aliphatic heterocycles. The number of hydrogen-bond donors (Lipinski definition) is 0. The SMILES string of the molecule is CC(=O)OCC(=Cc1ccc(C(C)C)cc1)Cc1ccccc1. The van der Waals surface area contributed by atoms with E-state index in [9.17, 15) is 4.79 Å². The van der Waals surface area contributed by atoms with E-state index in [1.165, 1.54) is 18.1 Å². The first kappa shape index (κ1) is 17.0. The van der Waals surface area contributed by atoms with Gasteiger partial charge in [-0.1, -0.05) is 74.5 Å². The molecule has 0 aliphatic carbocycles. The average Bonchev–Trinajstić information content (AvgIpc) is 2.54. The minimum atomic E-state index is -0.251. The third-order valence-electron chi connectivity index (χ3n) is 3.71. The molecule has 2 aromatic rings. The van der Waals surface area contributed by atoms with Crippen molar-refractivity contribution in [2.45, 2.75) is 33.1 Å². The van der Waals surface area contributed by atoms with Crippen molar-refractivity contribution in [2.75, 3.05) is 6.61 Å². The van der Waals surface area contributed by atoms with Gasteiger partial charge in [-0.15, -0.1) is 0 Å². The Balaban J connectivity index is 2.19. The standard InChI is InChI=1S/C21H24O2/c1-16(2)21-11-9-19(10-12-21)14-20(15-23-17(3)22)13-18-7-5-4-6-8-18/h4-12,14,16H,13,15H2,1-3H3. The Hall–Kier alpha value is -2.35. The summed E-state index contributed by atoms with van der Waals surface area (Å²) in [7, 11) is 0. The number of esters is 1. The monoisotopic (exact) mass is 308 g/mol. The lowest BCUT2D eigenvalue weighted by Gasteiger charge is -2.10. The van der Waals surface area contributed by atoms with Gasteiger partial charge in [-0.05, 0) is 34.6 Å². The van der Waals surface area contributed by atoms with Crippen LogP contribution in [-0.2, 0) is 16.0 Å². The maximum atomic E-state index is 11.1. The van der Waals surface area contributed by atoms with Gasteiger partial charge in [-0.25, -0.2) is 0 Å². The fourth-order valence-corrected chi connectivity index (χ4v) is 2.41. The quantitative estimate of drug-likeness (QED) is 0.702. The summed E-state index contributed by atoms with van der Waals surface area (Å²) in [5, 5.41) is 0. The van der Waals surface area contributed by atoms with Gasteiger partial charge in [-0.2, -0.15) is 0 Å². The number of hydrogen-bond acceptors (Lipinski definition) is 2. The molecule has 0 atom stereocenters. The molecule has 0 N–H and O–H groups in total. The molecule has 120 valence electrons. The Labute approximate surface area is 138 Å². The summed E-state index contributed by atoms with van der Waals surface area (Å²) in [6.45, 7) is 6.15. The second-order valence-corrected chi connectivity index (χ2v) is 6.07. The molecule has 2 aromatic carbocycles. The van der Waals surface area contributed by atoms with Crippen molar-refractivity contribution < 1.29 is 9.53 Å². The maximum absolute atomic E-state index is 11.1. The van der Waals surface area contributed by atoms with Crippen LogP contribution in [0.2, 0.25) is 0 Å². The normalized spacial score (nSPS) is 11.6. The van der Waals surface area contributed by atoms with Crippen LogP contribution in [0.25, 0.3) is 6.08 Å². The highest BCUT2D eigenvalue weighted by Crippen LogP contribution is 2.18. The fraction of sp³-hybridized carbons (Fsp3) is 0.286. The van der Waals surface area contributed by atoms with Gasteiger partial charge in [0.05, 0.1) is 0 Å². The van der Waals surface area contributed by atoms with E-state index in [4.69, 9.17) is 4.74 Å². The first-order valence-electron chi connectivity index (χ1n) is 8.01. The van der Waals surface area contributed by atoms with E-state index in [0.29, 0.717) is 12.5 Å². The first-order chi connectivity index (χ1) is 11.0. The molecular weight excluding hydrogens is 284 g/mol. The highest BCUT2D eigenvalue weighted by molar-refractivity contribution is 5.66. The Bertz CT molecular complexity index is 652. The van der Waals surface area contributed by atoms with Gasteiger partial charge in [-0.3, -0.25) is 4.79 Å². The highest BCUT2D eigenvalue weighted by atomic mass is 16.5. The zero-order chi connectivity index (χ0) is 16.7. The summed E-state index contributed by atoms with van der Waals surface area (Å²) in [5.41, 5.74) is 4.76. The molecule has 0 bridgehead atoms. The predicted octanol–water partition coefficient (Wildman–Crippen LogP) is 5.00. The third-order valence-corrected chi connectivity index (χ3v) is 3.71. The Morgan fingerprint density at radius 1 is 1.04 bits per heavy atom. The molecule has 2 heteroatoms. The molecule has 0 unspecified atom stereocenters. The molecule has 2 rings (SSSR count). The van der Waals surface area contributed by atoms with Crippen molar-refractivity contribution in [1.82, 2.24) is 0 Å². The van der Waals surface area contributed by atoms with Gasteiger partial charge in [0.2, 0.25) is 0 Å². The zero-order valence-electron chi connectivity index (χ0n) is 14.1. The van der Waals surface area contributed by atoms with Crippen LogP contribution < -0.4 is 0 Å². The number of ether oxygens (including phenoxy) is 1. The van der Waals surface area contributed by atoms with Crippen LogP contribution in [0.15, 0.2) is 60.2 Å². The molecule has 0 saturated carbocycles. The van der Waals surface area contributed by atoms with Gasteiger partial charge in [0.1, 0.15) is 6.61 Å². The average molecular weight is 308 g/mol. The van der Waals surface area contributed by atoms with Crippen molar-refractivity contribution in [3.63, 3.8) is 0 Å². The molecule has 0 heterocycles. The van der Waals surface area contributed by atoms with Gasteiger partial charge in [0.25, 0.3) is 0 Å². The second kappa shape index (κ2) is 8.33. The molecule has 0 saturated heterocycles. The smallest absolute Gasteiger partial charge is 0.302 e. The molecule has 0 amide bonds. The van der Waals surface area contributed by atoms with Gasteiger partial charge < -0.3 is 4.74 Å². The van der Waals surface area contributed by atoms with E-state index in [1.807, 2.05) is 18.2 Å². The Kier molecular flexibility index (Phi) is 6.16. The molecule has 0 aliphatic rings. The topological polar surface area (TPSA) is 26.3 Å². The van der Waals surface area contributed by atoms with Crippen LogP contribution in [0.5, 0.6) is 0 Å². The summed E-state index contributed by atoms with van der Waals surface area (Å²) in [4.78, 5) is 11.1. The molecule has 0 spiro atoms. The van der Waals surface area contributed by atoms with Gasteiger partial charge >= 0.3 is 5.97 Å². The lowest BCUT2D eigenvalue weighted by atomic mass is 9.99. The van der Waals surface area contributed by atoms with E-state index in [1.54, 1.807) is 0 Å². The summed E-state index contributed by atoms with van der Waals surface area (Å²) in [6.07, 6.45) is 2.89. The largest absolute Gasteiger partial charge is 0.461 e. The highest BCUT2D eigenvalue weighted by Gasteiger charge is 2.04. The lowest BCUT2D eigenvalue weighted by molar-refractivity contribution is -0.139. The molecule has 23 heavy (non-hydrogen) atoms. The van der Waals surface area contributed by atoms with Crippen LogP contribution in [0, 0.1) is 0 Å². The van der Waals surface area contributed by atoms with Gasteiger partial charge in [0.15, 0.2) is 0 Å². The number of carbonyl (C=O) groups is 1. The van der Waals surface area contributed by atoms with Crippen LogP contribution in [-0.4, -0.2) is 12.6 Å². The second-order valence-electron chi connectivity index (χ2n) is 6.07. The number of rotatable bonds is 6.